The van der Waals surface area contributed by atoms with E-state index in [4.69, 9.17) is 14.2 Å². The molecule has 9 heteroatoms. The molecule has 0 saturated heterocycles. The van der Waals surface area contributed by atoms with Crippen molar-refractivity contribution in [1.82, 2.24) is 0 Å². The fourth-order valence-electron chi connectivity index (χ4n) is 4.88. The lowest BCUT2D eigenvalue weighted by atomic mass is 9.82. The summed E-state index contributed by atoms with van der Waals surface area (Å²) in [5.74, 6) is -6.75. The minimum absolute atomic E-state index is 0.0463. The number of benzene rings is 3. The minimum atomic E-state index is -1.19. The highest BCUT2D eigenvalue weighted by atomic mass is 19.2. The molecule has 1 aliphatic rings. The lowest BCUT2D eigenvalue weighted by Gasteiger charge is -2.29. The molecule has 0 aromatic heterocycles. The normalized spacial score (nSPS) is 17.0. The van der Waals surface area contributed by atoms with Crippen LogP contribution in [-0.2, 0) is 4.74 Å². The first-order chi connectivity index (χ1) is 19.2. The molecule has 0 spiro atoms. The molecular weight excluding hydrogens is 531 g/mol. The Labute approximate surface area is 230 Å². The molecule has 214 valence electrons. The van der Waals surface area contributed by atoms with Gasteiger partial charge in [0.2, 0.25) is 11.6 Å². The van der Waals surface area contributed by atoms with Crippen LogP contribution in [0.15, 0.2) is 42.5 Å². The number of rotatable bonds is 10. The standard InChI is InChI=1S/C31H31F5O4/c1-3-5-16-39-26-15-12-21(27(33)30(26)36)18-6-9-20(10-7-18)40-31(37)23-11-8-19(17-24(23)32)22-13-14-25(38-4-2)29(35)28(22)34/h8,11-15,17-18,20H,3-7,9-10,16H2,1-2H3. The number of carbonyl (C=O) groups is 1. The van der Waals surface area contributed by atoms with Crippen molar-refractivity contribution in [3.8, 4) is 22.6 Å². The molecule has 0 heterocycles. The van der Waals surface area contributed by atoms with Gasteiger partial charge in [0.1, 0.15) is 11.9 Å². The second-order valence-corrected chi connectivity index (χ2v) is 9.73. The summed E-state index contributed by atoms with van der Waals surface area (Å²) in [6.45, 7) is 4.07. The van der Waals surface area contributed by atoms with Crippen molar-refractivity contribution >= 4 is 5.97 Å². The molecular formula is C31H31F5O4. The van der Waals surface area contributed by atoms with Crippen molar-refractivity contribution in [1.29, 1.82) is 0 Å². The average molecular weight is 563 g/mol. The van der Waals surface area contributed by atoms with Crippen LogP contribution in [0.1, 0.15) is 74.2 Å². The van der Waals surface area contributed by atoms with Crippen LogP contribution in [0, 0.1) is 29.1 Å². The van der Waals surface area contributed by atoms with E-state index in [0.717, 1.165) is 25.0 Å². The molecule has 1 saturated carbocycles. The number of carbonyl (C=O) groups excluding carboxylic acids is 1. The first-order valence-electron chi connectivity index (χ1n) is 13.5. The fraction of sp³-hybridized carbons (Fsp3) is 0.387. The Morgan fingerprint density at radius 1 is 0.800 bits per heavy atom. The van der Waals surface area contributed by atoms with Gasteiger partial charge in [-0.15, -0.1) is 0 Å². The molecule has 3 aromatic carbocycles. The Hall–Kier alpha value is -3.62. The molecule has 0 atom stereocenters. The van der Waals surface area contributed by atoms with Gasteiger partial charge < -0.3 is 14.2 Å². The van der Waals surface area contributed by atoms with Crippen molar-refractivity contribution in [3.63, 3.8) is 0 Å². The number of hydrogen-bond acceptors (Lipinski definition) is 4. The van der Waals surface area contributed by atoms with Gasteiger partial charge in [0.15, 0.2) is 23.1 Å². The van der Waals surface area contributed by atoms with E-state index in [-0.39, 0.29) is 46.3 Å². The van der Waals surface area contributed by atoms with Crippen LogP contribution < -0.4 is 9.47 Å². The highest BCUT2D eigenvalue weighted by molar-refractivity contribution is 5.90. The zero-order chi connectivity index (χ0) is 28.8. The molecule has 0 unspecified atom stereocenters. The van der Waals surface area contributed by atoms with E-state index < -0.39 is 41.2 Å². The van der Waals surface area contributed by atoms with E-state index in [1.807, 2.05) is 6.92 Å². The smallest absolute Gasteiger partial charge is 0.341 e. The Morgan fingerprint density at radius 3 is 2.15 bits per heavy atom. The van der Waals surface area contributed by atoms with Gasteiger partial charge in [-0.2, -0.15) is 8.78 Å². The van der Waals surface area contributed by atoms with Gasteiger partial charge in [-0.25, -0.2) is 18.0 Å². The quantitative estimate of drug-likeness (QED) is 0.141. The molecule has 0 N–H and O–H groups in total. The molecule has 0 bridgehead atoms. The maximum atomic E-state index is 14.8. The summed E-state index contributed by atoms with van der Waals surface area (Å²) in [6, 6.07) is 8.91. The number of hydrogen-bond donors (Lipinski definition) is 0. The highest BCUT2D eigenvalue weighted by Gasteiger charge is 2.29. The molecule has 1 aliphatic carbocycles. The molecule has 4 nitrogen and oxygen atoms in total. The van der Waals surface area contributed by atoms with Crippen LogP contribution >= 0.6 is 0 Å². The lowest BCUT2D eigenvalue weighted by Crippen LogP contribution is -2.24. The maximum Gasteiger partial charge on any atom is 0.341 e. The van der Waals surface area contributed by atoms with Crippen molar-refractivity contribution in [2.45, 2.75) is 64.4 Å². The summed E-state index contributed by atoms with van der Waals surface area (Å²) in [4.78, 5) is 12.7. The zero-order valence-electron chi connectivity index (χ0n) is 22.4. The van der Waals surface area contributed by atoms with Gasteiger partial charge in [-0.1, -0.05) is 25.5 Å². The summed E-state index contributed by atoms with van der Waals surface area (Å²) in [5.41, 5.74) is -0.221. The van der Waals surface area contributed by atoms with Gasteiger partial charge in [-0.3, -0.25) is 0 Å². The molecule has 0 amide bonds. The summed E-state index contributed by atoms with van der Waals surface area (Å²) >= 11 is 0. The third kappa shape index (κ3) is 6.40. The Kier molecular flexibility index (Phi) is 9.66. The summed E-state index contributed by atoms with van der Waals surface area (Å²) in [6.07, 6.45) is 2.78. The predicted octanol–water partition coefficient (Wildman–Crippen LogP) is 8.51. The minimum Gasteiger partial charge on any atom is -0.491 e. The van der Waals surface area contributed by atoms with E-state index in [1.165, 1.54) is 30.3 Å². The Morgan fingerprint density at radius 2 is 1.48 bits per heavy atom. The largest absolute Gasteiger partial charge is 0.491 e. The van der Waals surface area contributed by atoms with Crippen LogP contribution in [0.3, 0.4) is 0 Å². The maximum absolute atomic E-state index is 14.8. The Bertz CT molecular complexity index is 1350. The molecule has 3 aromatic rings. The van der Waals surface area contributed by atoms with Crippen molar-refractivity contribution in [2.24, 2.45) is 0 Å². The van der Waals surface area contributed by atoms with Crippen LogP contribution in [-0.4, -0.2) is 25.3 Å². The third-order valence-corrected chi connectivity index (χ3v) is 7.07. The molecule has 40 heavy (non-hydrogen) atoms. The summed E-state index contributed by atoms with van der Waals surface area (Å²) in [5, 5.41) is 0. The summed E-state index contributed by atoms with van der Waals surface area (Å²) < 4.78 is 88.7. The van der Waals surface area contributed by atoms with Gasteiger partial charge >= 0.3 is 5.97 Å². The van der Waals surface area contributed by atoms with E-state index in [9.17, 15) is 26.7 Å². The van der Waals surface area contributed by atoms with Gasteiger partial charge in [0.05, 0.1) is 18.8 Å². The van der Waals surface area contributed by atoms with Crippen LogP contribution in [0.4, 0.5) is 22.0 Å². The molecule has 0 aliphatic heterocycles. The molecule has 4 rings (SSSR count). The van der Waals surface area contributed by atoms with Crippen LogP contribution in [0.25, 0.3) is 11.1 Å². The fourth-order valence-corrected chi connectivity index (χ4v) is 4.88. The van der Waals surface area contributed by atoms with Crippen molar-refractivity contribution < 1.29 is 41.0 Å². The van der Waals surface area contributed by atoms with Gasteiger partial charge in [-0.05, 0) is 86.4 Å². The second-order valence-electron chi connectivity index (χ2n) is 9.73. The van der Waals surface area contributed by atoms with E-state index in [1.54, 1.807) is 6.92 Å². The van der Waals surface area contributed by atoms with E-state index >= 15 is 0 Å². The zero-order valence-corrected chi connectivity index (χ0v) is 22.4. The number of unbranched alkanes of at least 4 members (excludes halogenated alkanes) is 1. The first kappa shape index (κ1) is 29.4. The highest BCUT2D eigenvalue weighted by Crippen LogP contribution is 2.38. The monoisotopic (exact) mass is 562 g/mol. The topological polar surface area (TPSA) is 44.8 Å². The Balaban J connectivity index is 1.38. The van der Waals surface area contributed by atoms with E-state index in [2.05, 4.69) is 0 Å². The van der Waals surface area contributed by atoms with Crippen LogP contribution in [0.2, 0.25) is 0 Å². The molecule has 1 fully saturated rings. The number of esters is 1. The van der Waals surface area contributed by atoms with Gasteiger partial charge in [0.25, 0.3) is 0 Å². The average Bonchev–Trinajstić information content (AvgIpc) is 2.94. The first-order valence-corrected chi connectivity index (χ1v) is 13.5. The number of halogens is 5. The van der Waals surface area contributed by atoms with Gasteiger partial charge in [0, 0.05) is 5.56 Å². The van der Waals surface area contributed by atoms with E-state index in [0.29, 0.717) is 32.3 Å². The molecule has 0 radical (unpaired) electrons. The third-order valence-electron chi connectivity index (χ3n) is 7.07. The second kappa shape index (κ2) is 13.2. The summed E-state index contributed by atoms with van der Waals surface area (Å²) in [7, 11) is 0. The van der Waals surface area contributed by atoms with Crippen molar-refractivity contribution in [3.05, 3.63) is 82.7 Å². The SMILES string of the molecule is CCCCOc1ccc(C2CCC(OC(=O)c3ccc(-c4ccc(OCC)c(F)c4F)cc3F)CC2)c(F)c1F. The number of ether oxygens (including phenoxy) is 3. The lowest BCUT2D eigenvalue weighted by molar-refractivity contribution is 0.0189. The van der Waals surface area contributed by atoms with Crippen molar-refractivity contribution in [2.75, 3.05) is 13.2 Å². The predicted molar refractivity (Wildman–Crippen MR) is 140 cm³/mol. The van der Waals surface area contributed by atoms with Crippen LogP contribution in [0.5, 0.6) is 11.5 Å².